The van der Waals surface area contributed by atoms with Gasteiger partial charge in [0.25, 0.3) is 0 Å². The van der Waals surface area contributed by atoms with Crippen LogP contribution in [0.3, 0.4) is 0 Å². The zero-order valence-electron chi connectivity index (χ0n) is 36.2. The van der Waals surface area contributed by atoms with Crippen LogP contribution in [0.4, 0.5) is 51.7 Å². The molecule has 3 aliphatic heterocycles. The number of nitrogens with zero attached hydrogens (tertiary/aromatic N) is 10. The van der Waals surface area contributed by atoms with Gasteiger partial charge in [0, 0.05) is 80.1 Å². The van der Waals surface area contributed by atoms with Crippen LogP contribution in [-0.4, -0.2) is 98.0 Å². The van der Waals surface area contributed by atoms with Crippen molar-refractivity contribution < 1.29 is 14.3 Å². The second-order valence-electron chi connectivity index (χ2n) is 16.3. The number of nitrogens with one attached hydrogen (secondary N) is 4. The number of halogens is 3. The third-order valence-corrected chi connectivity index (χ3v) is 12.2. The maximum Gasteiger partial charge on any atom is 0.229 e. The Balaban J connectivity index is 0.000000182. The number of ether oxygens (including phenoxy) is 2. The van der Waals surface area contributed by atoms with Gasteiger partial charge in [-0.25, -0.2) is 19.3 Å². The zero-order chi connectivity index (χ0) is 45.6. The van der Waals surface area contributed by atoms with Gasteiger partial charge >= 0.3 is 0 Å². The fraction of sp³-hybridized carbons (Fsp3) is 0.283. The van der Waals surface area contributed by atoms with Crippen LogP contribution in [0.2, 0.25) is 15.3 Å². The minimum absolute atomic E-state index is 0.0387. The number of anilines is 9. The Morgan fingerprint density at radius 1 is 0.682 bits per heavy atom. The number of carbonyl (C=O) groups excluding carboxylic acids is 1. The van der Waals surface area contributed by atoms with Crippen LogP contribution in [0.25, 0.3) is 11.4 Å². The summed E-state index contributed by atoms with van der Waals surface area (Å²) in [4.78, 5) is 33.9. The third kappa shape index (κ3) is 10.5. The van der Waals surface area contributed by atoms with E-state index >= 15 is 0 Å². The number of morpholine rings is 2. The molecule has 2 saturated heterocycles. The summed E-state index contributed by atoms with van der Waals surface area (Å²) in [6.07, 6.45) is 11.6. The summed E-state index contributed by atoms with van der Waals surface area (Å²) in [6, 6.07) is 21.9. The Bertz CT molecular complexity index is 2800. The number of benzene rings is 3. The minimum Gasteiger partial charge on any atom is -0.378 e. The molecule has 0 aliphatic carbocycles. The first kappa shape index (κ1) is 44.7. The van der Waals surface area contributed by atoms with Gasteiger partial charge in [-0.1, -0.05) is 37.0 Å². The van der Waals surface area contributed by atoms with Gasteiger partial charge in [-0.05, 0) is 95.7 Å². The van der Waals surface area contributed by atoms with Gasteiger partial charge < -0.3 is 40.5 Å². The van der Waals surface area contributed by atoms with Crippen molar-refractivity contribution >= 4 is 92.4 Å². The fourth-order valence-corrected chi connectivity index (χ4v) is 8.30. The molecule has 0 bridgehead atoms. The zero-order valence-corrected chi connectivity index (χ0v) is 38.5. The number of carbonyl (C=O) groups is 1. The number of amides is 1. The highest BCUT2D eigenvalue weighted by atomic mass is 35.5. The van der Waals surface area contributed by atoms with Crippen molar-refractivity contribution in [2.24, 2.45) is 0 Å². The van der Waals surface area contributed by atoms with Crippen molar-refractivity contribution in [3.05, 3.63) is 125 Å². The minimum atomic E-state index is -0.157. The average molecular weight is 950 g/mol. The molecule has 20 heteroatoms. The van der Waals surface area contributed by atoms with E-state index in [2.05, 4.69) is 99.3 Å². The van der Waals surface area contributed by atoms with Crippen LogP contribution in [-0.2, 0) is 19.7 Å². The molecule has 2 fully saturated rings. The molecule has 340 valence electrons. The van der Waals surface area contributed by atoms with Crippen LogP contribution >= 0.6 is 34.8 Å². The summed E-state index contributed by atoms with van der Waals surface area (Å²) in [7, 11) is 0. The second kappa shape index (κ2) is 19.9. The van der Waals surface area contributed by atoms with Gasteiger partial charge in [0.05, 0.1) is 61.6 Å². The number of aromatic nitrogens is 8. The van der Waals surface area contributed by atoms with Crippen molar-refractivity contribution in [1.29, 1.82) is 0 Å². The molecule has 0 atom stereocenters. The van der Waals surface area contributed by atoms with E-state index in [9.17, 15) is 4.79 Å². The van der Waals surface area contributed by atoms with Crippen LogP contribution in [0, 0.1) is 0 Å². The largest absolute Gasteiger partial charge is 0.378 e. The maximum absolute atomic E-state index is 12.1. The second-order valence-corrected chi connectivity index (χ2v) is 17.4. The summed E-state index contributed by atoms with van der Waals surface area (Å²) >= 11 is 18.6. The lowest BCUT2D eigenvalue weighted by atomic mass is 9.80. The Morgan fingerprint density at radius 3 is 1.80 bits per heavy atom. The standard InChI is InChI=1S/C29H31ClN8O2.C17H16Cl2N6O/c1-29(2)9-8-26(39)34-23-6-4-19(16-21(23)29)33-28-31-18-22(30)27(36-28)35-24-7-5-20(37-12-14-40-15-13-37)17-25(24)38-11-3-10-32-38;18-13-11-20-17(19)23-16(13)22-14-3-2-12(24-6-8-26-9-7-24)10-15(14)25-5-1-4-21-25/h3-7,10-11,16-18H,8-9,12-15H2,1-2H3,(H,34,39)(H2,31,33,35,36);1-5,10-11H,6-9H2,(H,20,22,23). The number of hydrogen-bond donors (Lipinski definition) is 4. The van der Waals surface area contributed by atoms with Crippen molar-refractivity contribution in [2.45, 2.75) is 32.1 Å². The highest BCUT2D eigenvalue weighted by Crippen LogP contribution is 2.39. The summed E-state index contributed by atoms with van der Waals surface area (Å²) in [5, 5.41) is 22.6. The molecule has 0 radical (unpaired) electrons. The smallest absolute Gasteiger partial charge is 0.229 e. The van der Waals surface area contributed by atoms with E-state index < -0.39 is 0 Å². The normalized spacial score (nSPS) is 15.7. The van der Waals surface area contributed by atoms with E-state index in [1.165, 1.54) is 6.20 Å². The lowest BCUT2D eigenvalue weighted by molar-refractivity contribution is -0.116. The van der Waals surface area contributed by atoms with Gasteiger partial charge in [-0.3, -0.25) is 4.79 Å². The molecule has 66 heavy (non-hydrogen) atoms. The van der Waals surface area contributed by atoms with Crippen LogP contribution in [0.5, 0.6) is 0 Å². The molecule has 10 rings (SSSR count). The lowest BCUT2D eigenvalue weighted by Gasteiger charge is -2.29. The summed E-state index contributed by atoms with van der Waals surface area (Å²) in [5.41, 5.74) is 8.13. The monoisotopic (exact) mass is 948 g/mol. The predicted molar refractivity (Wildman–Crippen MR) is 259 cm³/mol. The van der Waals surface area contributed by atoms with Gasteiger partial charge in [0.1, 0.15) is 10.0 Å². The van der Waals surface area contributed by atoms with E-state index in [0.717, 1.165) is 96.9 Å². The summed E-state index contributed by atoms with van der Waals surface area (Å²) < 4.78 is 14.6. The van der Waals surface area contributed by atoms with Gasteiger partial charge in [0.15, 0.2) is 11.6 Å². The van der Waals surface area contributed by atoms with Crippen molar-refractivity contribution in [2.75, 3.05) is 83.7 Å². The van der Waals surface area contributed by atoms with Crippen LogP contribution in [0.1, 0.15) is 32.3 Å². The van der Waals surface area contributed by atoms with Crippen LogP contribution < -0.4 is 31.1 Å². The van der Waals surface area contributed by atoms with Crippen molar-refractivity contribution in [3.63, 3.8) is 0 Å². The molecule has 3 aromatic carbocycles. The van der Waals surface area contributed by atoms with Crippen molar-refractivity contribution in [1.82, 2.24) is 39.5 Å². The maximum atomic E-state index is 12.1. The Kier molecular flexibility index (Phi) is 13.5. The predicted octanol–water partition coefficient (Wildman–Crippen LogP) is 9.20. The molecule has 0 unspecified atom stereocenters. The Morgan fingerprint density at radius 2 is 1.24 bits per heavy atom. The van der Waals surface area contributed by atoms with Gasteiger partial charge in [-0.2, -0.15) is 20.2 Å². The first-order valence-corrected chi connectivity index (χ1v) is 22.6. The Labute approximate surface area is 396 Å². The topological polar surface area (TPSA) is 177 Å². The highest BCUT2D eigenvalue weighted by Gasteiger charge is 2.29. The fourth-order valence-electron chi connectivity index (χ4n) is 7.89. The molecule has 17 nitrogen and oxygen atoms in total. The summed E-state index contributed by atoms with van der Waals surface area (Å²) in [5.74, 6) is 1.35. The quantitative estimate of drug-likeness (QED) is 0.0955. The molecule has 1 amide bonds. The van der Waals surface area contributed by atoms with Crippen molar-refractivity contribution in [3.8, 4) is 11.4 Å². The molecule has 3 aliphatic rings. The first-order chi connectivity index (χ1) is 32.1. The number of rotatable bonds is 10. The van der Waals surface area contributed by atoms with Gasteiger partial charge in [0.2, 0.25) is 17.1 Å². The molecule has 4 aromatic heterocycles. The van der Waals surface area contributed by atoms with E-state index in [-0.39, 0.29) is 16.6 Å². The molecular weight excluding hydrogens is 903 g/mol. The Hall–Kier alpha value is -6.50. The summed E-state index contributed by atoms with van der Waals surface area (Å²) in [6.45, 7) is 10.6. The lowest BCUT2D eigenvalue weighted by Crippen LogP contribution is -2.36. The van der Waals surface area contributed by atoms with Gasteiger partial charge in [-0.15, -0.1) is 0 Å². The van der Waals surface area contributed by atoms with E-state index in [4.69, 9.17) is 44.3 Å². The van der Waals surface area contributed by atoms with E-state index in [0.29, 0.717) is 47.3 Å². The highest BCUT2D eigenvalue weighted by molar-refractivity contribution is 6.34. The molecule has 7 heterocycles. The molecular formula is C46H47Cl3N14O3. The number of fused-ring (bicyclic) bond motifs is 1. The van der Waals surface area contributed by atoms with E-state index in [1.807, 2.05) is 59.5 Å². The van der Waals surface area contributed by atoms with Crippen LogP contribution in [0.15, 0.2) is 104 Å². The molecule has 0 saturated carbocycles. The SMILES string of the molecule is CC1(C)CCC(=O)Nc2ccc(Nc3ncc(Cl)c(Nc4ccc(N5CCOCC5)cc4-n4cccn4)n3)cc21.Clc1ncc(Cl)c(Nc2ccc(N3CCOCC3)cc2-n2cccn2)n1. The average Bonchev–Trinajstić information content (AvgIpc) is 4.07. The van der Waals surface area contributed by atoms with E-state index in [1.54, 1.807) is 23.3 Å². The molecule has 4 N–H and O–H groups in total. The molecule has 7 aromatic rings. The molecule has 0 spiro atoms. The third-order valence-electron chi connectivity index (χ3n) is 11.4. The number of hydrogen-bond acceptors (Lipinski definition) is 14. The first-order valence-electron chi connectivity index (χ1n) is 21.5.